The summed E-state index contributed by atoms with van der Waals surface area (Å²) < 4.78 is 0. The number of hydrogen-bond acceptors (Lipinski definition) is 6. The number of aromatic nitrogens is 2. The van der Waals surface area contributed by atoms with E-state index >= 15 is 0 Å². The lowest BCUT2D eigenvalue weighted by molar-refractivity contribution is -0.131. The molecule has 7 heteroatoms. The summed E-state index contributed by atoms with van der Waals surface area (Å²) in [6, 6.07) is 0.564. The number of carbonyl (C=O) groups is 1. The fraction of sp³-hybridized carbons (Fsp3) is 0.722. The third-order valence-electron chi connectivity index (χ3n) is 3.99. The van der Waals surface area contributed by atoms with Gasteiger partial charge in [0, 0.05) is 37.2 Å². The number of carbonyl (C=O) groups excluding carboxylic acids is 1. The van der Waals surface area contributed by atoms with E-state index in [4.69, 9.17) is 4.98 Å². The molecular formula is C18H32N6O. The topological polar surface area (TPSA) is 73.4 Å². The molecule has 140 valence electrons. The van der Waals surface area contributed by atoms with E-state index in [0.717, 1.165) is 29.9 Å². The third-order valence-corrected chi connectivity index (χ3v) is 3.99. The van der Waals surface area contributed by atoms with Crippen LogP contribution in [0.25, 0.3) is 0 Å². The maximum atomic E-state index is 12.4. The van der Waals surface area contributed by atoms with Crippen LogP contribution in [0.2, 0.25) is 0 Å². The normalized spacial score (nSPS) is 14.7. The summed E-state index contributed by atoms with van der Waals surface area (Å²) in [7, 11) is 3.84. The van der Waals surface area contributed by atoms with E-state index in [-0.39, 0.29) is 11.9 Å². The molecule has 0 bridgehead atoms. The van der Waals surface area contributed by atoms with Crippen LogP contribution in [0.5, 0.6) is 0 Å². The van der Waals surface area contributed by atoms with Crippen molar-refractivity contribution >= 4 is 17.7 Å². The molecule has 2 heterocycles. The summed E-state index contributed by atoms with van der Waals surface area (Å²) >= 11 is 0. The SMILES string of the molecule is CC(C)Nc1nc2c(c(NC(C)C)n1)CCN(C(=O)CN(C)C)CC2. The standard InChI is InChI=1S/C18H32N6O/c1-12(2)19-17-14-7-9-24(16(25)11-23(5)6)10-8-15(14)21-18(22-17)20-13(3)4/h12-13H,7-11H2,1-6H3,(H2,19,20,21,22). The van der Waals surface area contributed by atoms with Crippen LogP contribution in [0.4, 0.5) is 11.8 Å². The summed E-state index contributed by atoms with van der Waals surface area (Å²) in [5.41, 5.74) is 2.18. The minimum Gasteiger partial charge on any atom is -0.367 e. The maximum absolute atomic E-state index is 12.4. The van der Waals surface area contributed by atoms with Crippen LogP contribution < -0.4 is 10.6 Å². The molecule has 0 fully saturated rings. The second-order valence-electron chi connectivity index (χ2n) is 7.54. The summed E-state index contributed by atoms with van der Waals surface area (Å²) in [4.78, 5) is 25.7. The number of anilines is 2. The van der Waals surface area contributed by atoms with Gasteiger partial charge in [-0.1, -0.05) is 0 Å². The third kappa shape index (κ3) is 5.56. The number of nitrogens with zero attached hydrogens (tertiary/aromatic N) is 4. The molecule has 0 saturated carbocycles. The molecule has 1 aliphatic heterocycles. The monoisotopic (exact) mass is 348 g/mol. The summed E-state index contributed by atoms with van der Waals surface area (Å²) in [6.07, 6.45) is 1.54. The number of rotatable bonds is 6. The van der Waals surface area contributed by atoms with Crippen molar-refractivity contribution < 1.29 is 4.79 Å². The average Bonchev–Trinajstić information content (AvgIpc) is 2.68. The van der Waals surface area contributed by atoms with Crippen molar-refractivity contribution in [3.05, 3.63) is 11.3 Å². The lowest BCUT2D eigenvalue weighted by Crippen LogP contribution is -2.39. The van der Waals surface area contributed by atoms with Crippen molar-refractivity contribution in [1.82, 2.24) is 19.8 Å². The fourth-order valence-corrected chi connectivity index (χ4v) is 2.93. The number of hydrogen-bond donors (Lipinski definition) is 2. The zero-order valence-electron chi connectivity index (χ0n) is 16.4. The summed E-state index contributed by atoms with van der Waals surface area (Å²) in [5.74, 6) is 1.72. The molecule has 25 heavy (non-hydrogen) atoms. The van der Waals surface area contributed by atoms with Crippen molar-refractivity contribution in [2.45, 2.75) is 52.6 Å². The van der Waals surface area contributed by atoms with E-state index in [1.54, 1.807) is 0 Å². The second kappa shape index (κ2) is 8.47. The van der Waals surface area contributed by atoms with E-state index in [0.29, 0.717) is 31.6 Å². The molecule has 1 aromatic heterocycles. The smallest absolute Gasteiger partial charge is 0.236 e. The van der Waals surface area contributed by atoms with E-state index in [1.165, 1.54) is 0 Å². The van der Waals surface area contributed by atoms with E-state index in [1.807, 2.05) is 23.9 Å². The Hall–Kier alpha value is -1.89. The van der Waals surface area contributed by atoms with Crippen LogP contribution in [0.1, 0.15) is 39.0 Å². The quantitative estimate of drug-likeness (QED) is 0.814. The molecule has 2 N–H and O–H groups in total. The maximum Gasteiger partial charge on any atom is 0.236 e. The van der Waals surface area contributed by atoms with Crippen LogP contribution >= 0.6 is 0 Å². The Morgan fingerprint density at radius 2 is 1.72 bits per heavy atom. The van der Waals surface area contributed by atoms with Crippen molar-refractivity contribution in [2.24, 2.45) is 0 Å². The highest BCUT2D eigenvalue weighted by molar-refractivity contribution is 5.78. The molecule has 1 aromatic rings. The van der Waals surface area contributed by atoms with Gasteiger partial charge in [-0.05, 0) is 48.2 Å². The second-order valence-corrected chi connectivity index (χ2v) is 7.54. The molecule has 0 saturated heterocycles. The Morgan fingerprint density at radius 1 is 1.08 bits per heavy atom. The predicted molar refractivity (Wildman–Crippen MR) is 102 cm³/mol. The predicted octanol–water partition coefficient (Wildman–Crippen LogP) is 1.61. The summed E-state index contributed by atoms with van der Waals surface area (Å²) in [5, 5.41) is 6.75. The van der Waals surface area contributed by atoms with Crippen molar-refractivity contribution in [3.8, 4) is 0 Å². The number of likely N-dealkylation sites (N-methyl/N-ethyl adjacent to an activating group) is 1. The van der Waals surface area contributed by atoms with Crippen LogP contribution in [-0.4, -0.2) is 71.5 Å². The Morgan fingerprint density at radius 3 is 2.32 bits per heavy atom. The molecule has 1 aliphatic rings. The number of nitrogens with one attached hydrogen (secondary N) is 2. The number of amides is 1. The molecule has 0 radical (unpaired) electrons. The van der Waals surface area contributed by atoms with Gasteiger partial charge in [0.05, 0.1) is 12.2 Å². The first kappa shape index (κ1) is 19.4. The molecule has 0 aromatic carbocycles. The molecule has 0 spiro atoms. The summed E-state index contributed by atoms with van der Waals surface area (Å²) in [6.45, 7) is 10.2. The van der Waals surface area contributed by atoms with Crippen LogP contribution in [-0.2, 0) is 17.6 Å². The molecule has 0 unspecified atom stereocenters. The lowest BCUT2D eigenvalue weighted by Gasteiger charge is -2.22. The minimum absolute atomic E-state index is 0.171. The van der Waals surface area contributed by atoms with Gasteiger partial charge in [0.15, 0.2) is 0 Å². The molecule has 7 nitrogen and oxygen atoms in total. The first-order chi connectivity index (χ1) is 11.8. The molecular weight excluding hydrogens is 316 g/mol. The highest BCUT2D eigenvalue weighted by Gasteiger charge is 2.23. The first-order valence-electron chi connectivity index (χ1n) is 9.11. The van der Waals surface area contributed by atoms with Gasteiger partial charge in [-0.15, -0.1) is 0 Å². The average molecular weight is 348 g/mol. The highest BCUT2D eigenvalue weighted by Crippen LogP contribution is 2.24. The van der Waals surface area contributed by atoms with Gasteiger partial charge in [-0.3, -0.25) is 4.79 Å². The van der Waals surface area contributed by atoms with Crippen molar-refractivity contribution in [1.29, 1.82) is 0 Å². The zero-order chi connectivity index (χ0) is 18.6. The highest BCUT2D eigenvalue weighted by atomic mass is 16.2. The van der Waals surface area contributed by atoms with Gasteiger partial charge in [0.1, 0.15) is 5.82 Å². The van der Waals surface area contributed by atoms with Gasteiger partial charge in [-0.2, -0.15) is 4.98 Å². The van der Waals surface area contributed by atoms with Gasteiger partial charge in [0.2, 0.25) is 11.9 Å². The Balaban J connectivity index is 2.25. The lowest BCUT2D eigenvalue weighted by atomic mass is 10.1. The van der Waals surface area contributed by atoms with E-state index < -0.39 is 0 Å². The van der Waals surface area contributed by atoms with Crippen LogP contribution in [0.3, 0.4) is 0 Å². The zero-order valence-corrected chi connectivity index (χ0v) is 16.4. The van der Waals surface area contributed by atoms with Gasteiger partial charge < -0.3 is 20.4 Å². The van der Waals surface area contributed by atoms with Gasteiger partial charge in [0.25, 0.3) is 0 Å². The Labute approximate surface area is 151 Å². The molecule has 1 amide bonds. The Bertz CT molecular complexity index is 599. The van der Waals surface area contributed by atoms with Gasteiger partial charge >= 0.3 is 0 Å². The van der Waals surface area contributed by atoms with Crippen LogP contribution in [0.15, 0.2) is 0 Å². The van der Waals surface area contributed by atoms with Crippen molar-refractivity contribution in [3.63, 3.8) is 0 Å². The molecule has 0 aliphatic carbocycles. The number of fused-ring (bicyclic) bond motifs is 1. The Kier molecular flexibility index (Phi) is 6.58. The minimum atomic E-state index is 0.171. The largest absolute Gasteiger partial charge is 0.367 e. The molecule has 2 rings (SSSR count). The molecule has 0 atom stereocenters. The van der Waals surface area contributed by atoms with Gasteiger partial charge in [-0.25, -0.2) is 4.98 Å². The van der Waals surface area contributed by atoms with Crippen LogP contribution in [0, 0.1) is 0 Å². The fourth-order valence-electron chi connectivity index (χ4n) is 2.93. The van der Waals surface area contributed by atoms with Crippen molar-refractivity contribution in [2.75, 3.05) is 44.4 Å². The van der Waals surface area contributed by atoms with E-state index in [2.05, 4.69) is 43.3 Å². The van der Waals surface area contributed by atoms with E-state index in [9.17, 15) is 4.79 Å². The first-order valence-corrected chi connectivity index (χ1v) is 9.11.